The molecule has 2 atom stereocenters. The Morgan fingerprint density at radius 1 is 0.902 bits per heavy atom. The fourth-order valence-electron chi connectivity index (χ4n) is 6.14. The fourth-order valence-corrected chi connectivity index (χ4v) is 6.14. The third-order valence-electron chi connectivity index (χ3n) is 8.42. The highest BCUT2D eigenvalue weighted by Gasteiger charge is 2.32. The highest BCUT2D eigenvalue weighted by atomic mass is 16.5. The molecule has 41 heavy (non-hydrogen) atoms. The molecule has 8 heteroatoms. The van der Waals surface area contributed by atoms with E-state index in [1.807, 2.05) is 38.7 Å². The molecule has 2 aliphatic heterocycles. The monoisotopic (exact) mass is 563 g/mol. The van der Waals surface area contributed by atoms with Crippen LogP contribution in [0, 0.1) is 5.92 Å². The van der Waals surface area contributed by atoms with Gasteiger partial charge in [-0.25, -0.2) is 9.78 Å². The molecule has 2 fully saturated rings. The second-order valence-corrected chi connectivity index (χ2v) is 12.0. The second kappa shape index (κ2) is 14.3. The van der Waals surface area contributed by atoms with E-state index in [1.54, 1.807) is 12.3 Å². The van der Waals surface area contributed by atoms with E-state index in [0.29, 0.717) is 17.6 Å². The maximum atomic E-state index is 12.7. The molecule has 0 saturated carbocycles. The summed E-state index contributed by atoms with van der Waals surface area (Å²) in [5, 5.41) is 0. The van der Waals surface area contributed by atoms with Gasteiger partial charge < -0.3 is 14.5 Å². The maximum absolute atomic E-state index is 12.7. The Bertz CT molecular complexity index is 1150. The van der Waals surface area contributed by atoms with Gasteiger partial charge in [0.25, 0.3) is 0 Å². The van der Waals surface area contributed by atoms with Crippen molar-refractivity contribution in [1.82, 2.24) is 19.7 Å². The molecule has 1 aromatic carbocycles. The van der Waals surface area contributed by atoms with Gasteiger partial charge >= 0.3 is 5.97 Å². The van der Waals surface area contributed by atoms with Crippen molar-refractivity contribution in [1.29, 1.82) is 0 Å². The van der Waals surface area contributed by atoms with Gasteiger partial charge in [0.2, 0.25) is 5.91 Å². The number of nitrogens with zero attached hydrogens (tertiary/aromatic N) is 5. The van der Waals surface area contributed by atoms with Gasteiger partial charge in [-0.2, -0.15) is 0 Å². The zero-order chi connectivity index (χ0) is 29.5. The predicted octanol–water partition coefficient (Wildman–Crippen LogP) is 4.83. The van der Waals surface area contributed by atoms with Crippen molar-refractivity contribution in [2.75, 3.05) is 44.2 Å². The van der Waals surface area contributed by atoms with Crippen LogP contribution < -0.4 is 4.90 Å². The molecule has 0 radical (unpaired) electrons. The smallest absolute Gasteiger partial charge is 0.342 e. The van der Waals surface area contributed by atoms with Gasteiger partial charge in [-0.3, -0.25) is 14.6 Å². The van der Waals surface area contributed by atoms with E-state index < -0.39 is 0 Å². The molecule has 0 N–H and O–H groups in total. The van der Waals surface area contributed by atoms with Crippen LogP contribution in [0.1, 0.15) is 75.9 Å². The van der Waals surface area contributed by atoms with Gasteiger partial charge in [0.05, 0.1) is 6.10 Å². The number of carbonyl (C=O) groups is 2. The van der Waals surface area contributed by atoms with Gasteiger partial charge in [-0.15, -0.1) is 0 Å². The lowest BCUT2D eigenvalue weighted by molar-refractivity contribution is -0.133. The highest BCUT2D eigenvalue weighted by molar-refractivity contribution is 5.95. The van der Waals surface area contributed by atoms with E-state index in [4.69, 9.17) is 4.74 Å². The van der Waals surface area contributed by atoms with Crippen molar-refractivity contribution in [3.63, 3.8) is 0 Å². The van der Waals surface area contributed by atoms with Crippen LogP contribution >= 0.6 is 0 Å². The van der Waals surface area contributed by atoms with Crippen LogP contribution in [0.3, 0.4) is 0 Å². The first kappa shape index (κ1) is 31.0. The summed E-state index contributed by atoms with van der Waals surface area (Å²) in [5.74, 6) is 0.746. The predicted molar refractivity (Wildman–Crippen MR) is 164 cm³/mol. The first-order valence-electron chi connectivity index (χ1n) is 15.5. The van der Waals surface area contributed by atoms with Crippen molar-refractivity contribution in [2.24, 2.45) is 5.92 Å². The van der Waals surface area contributed by atoms with E-state index in [9.17, 15) is 9.59 Å². The number of pyridine rings is 1. The molecule has 1 amide bonds. The number of anilines is 1. The molecule has 0 spiro atoms. The third-order valence-corrected chi connectivity index (χ3v) is 8.42. The molecule has 1 unspecified atom stereocenters. The van der Waals surface area contributed by atoms with Crippen LogP contribution in [-0.2, 0) is 22.6 Å². The molecule has 224 valence electrons. The van der Waals surface area contributed by atoms with Crippen LogP contribution in [0.25, 0.3) is 0 Å². The molecule has 2 aromatic rings. The molecule has 3 heterocycles. The van der Waals surface area contributed by atoms with Crippen molar-refractivity contribution in [2.45, 2.75) is 85.7 Å². The molecule has 1 aromatic heterocycles. The van der Waals surface area contributed by atoms with Crippen molar-refractivity contribution in [3.8, 4) is 0 Å². The highest BCUT2D eigenvalue weighted by Crippen LogP contribution is 2.27. The van der Waals surface area contributed by atoms with E-state index in [-0.39, 0.29) is 23.9 Å². The van der Waals surface area contributed by atoms with Gasteiger partial charge in [-0.1, -0.05) is 52.0 Å². The van der Waals surface area contributed by atoms with Crippen LogP contribution in [-0.4, -0.2) is 89.0 Å². The van der Waals surface area contributed by atoms with Gasteiger partial charge in [0.1, 0.15) is 11.4 Å². The number of rotatable bonds is 12. The Balaban J connectivity index is 1.33. The second-order valence-electron chi connectivity index (χ2n) is 12.0. The summed E-state index contributed by atoms with van der Waals surface area (Å²) >= 11 is 0. The summed E-state index contributed by atoms with van der Waals surface area (Å²) in [6, 6.07) is 13.5. The van der Waals surface area contributed by atoms with Crippen molar-refractivity contribution in [3.05, 3.63) is 59.3 Å². The van der Waals surface area contributed by atoms with Crippen LogP contribution in [0.15, 0.2) is 42.6 Å². The number of benzene rings is 1. The number of hydrogen-bond acceptors (Lipinski definition) is 7. The summed E-state index contributed by atoms with van der Waals surface area (Å²) in [6.45, 7) is 19.3. The van der Waals surface area contributed by atoms with E-state index in [2.05, 4.69) is 57.8 Å². The number of carbonyl (C=O) groups excluding carboxylic acids is 2. The largest absolute Gasteiger partial charge is 0.459 e. The zero-order valence-electron chi connectivity index (χ0n) is 25.9. The summed E-state index contributed by atoms with van der Waals surface area (Å²) in [4.78, 5) is 39.0. The van der Waals surface area contributed by atoms with Gasteiger partial charge in [-0.05, 0) is 63.0 Å². The van der Waals surface area contributed by atoms with E-state index in [1.165, 1.54) is 11.1 Å². The number of amides is 1. The summed E-state index contributed by atoms with van der Waals surface area (Å²) in [6.07, 6.45) is 3.67. The Kier molecular flexibility index (Phi) is 10.8. The first-order chi connectivity index (χ1) is 19.7. The normalized spacial score (nSPS) is 19.3. The summed E-state index contributed by atoms with van der Waals surface area (Å²) in [5.41, 5.74) is 3.17. The number of esters is 1. The minimum absolute atomic E-state index is 0.0624. The van der Waals surface area contributed by atoms with E-state index >= 15 is 0 Å². The maximum Gasteiger partial charge on any atom is 0.342 e. The Morgan fingerprint density at radius 3 is 2.05 bits per heavy atom. The molecular formula is C33H49N5O3. The molecule has 2 aliphatic rings. The van der Waals surface area contributed by atoms with Crippen LogP contribution in [0.4, 0.5) is 5.82 Å². The first-order valence-corrected chi connectivity index (χ1v) is 15.5. The molecule has 2 saturated heterocycles. The Hall–Kier alpha value is -2.97. The molecule has 8 nitrogen and oxygen atoms in total. The number of ether oxygens (including phenoxy) is 1. The van der Waals surface area contributed by atoms with Gasteiger partial charge in [0.15, 0.2) is 0 Å². The lowest BCUT2D eigenvalue weighted by Crippen LogP contribution is -2.39. The average molecular weight is 564 g/mol. The molecule has 4 rings (SSSR count). The Labute approximate surface area is 246 Å². The molecular weight excluding hydrogens is 514 g/mol. The number of aromatic nitrogens is 1. The minimum atomic E-state index is -0.310. The van der Waals surface area contributed by atoms with E-state index in [0.717, 1.165) is 71.0 Å². The summed E-state index contributed by atoms with van der Waals surface area (Å²) in [7, 11) is 0. The topological polar surface area (TPSA) is 69.2 Å². The lowest BCUT2D eigenvalue weighted by atomic mass is 10.1. The number of likely N-dealkylation sites (N-methyl/N-ethyl adjacent to an activating group) is 2. The van der Waals surface area contributed by atoms with Crippen LogP contribution in [0.2, 0.25) is 0 Å². The Morgan fingerprint density at radius 2 is 1.49 bits per heavy atom. The number of likely N-dealkylation sites (tertiary alicyclic amines) is 1. The average Bonchev–Trinajstić information content (AvgIpc) is 3.65. The summed E-state index contributed by atoms with van der Waals surface area (Å²) < 4.78 is 5.47. The molecule has 0 bridgehead atoms. The van der Waals surface area contributed by atoms with Crippen LogP contribution in [0.5, 0.6) is 0 Å². The zero-order valence-corrected chi connectivity index (χ0v) is 25.9. The number of hydrogen-bond donors (Lipinski definition) is 0. The quantitative estimate of drug-likeness (QED) is 0.343. The van der Waals surface area contributed by atoms with Gasteiger partial charge in [0, 0.05) is 63.5 Å². The third kappa shape index (κ3) is 7.86. The van der Waals surface area contributed by atoms with Crippen molar-refractivity contribution < 1.29 is 14.3 Å². The standard InChI is InChI=1S/C33H49N5O3/c1-7-35(28-15-18-37(22-28)31-30(10-9-17-34-31)33(40)41-25(5)6)20-26-11-13-27(14-12-26)21-36(8-2)29-16-19-38(23-29)32(39)24(3)4/h9-14,17,24-25,28-29H,7-8,15-16,18-23H2,1-6H3/t28-,29?/m1/s1. The SMILES string of the molecule is CCN(Cc1ccc(CN(CC)[C@@H]2CCN(c3ncccc3C(=O)OC(C)C)C2)cc1)C1CCN(C(=O)C(C)C)C1. The lowest BCUT2D eigenvalue weighted by Gasteiger charge is -2.29. The molecule has 0 aliphatic carbocycles. The van der Waals surface area contributed by atoms with Crippen molar-refractivity contribution >= 4 is 17.7 Å². The fraction of sp³-hybridized carbons (Fsp3) is 0.606. The minimum Gasteiger partial charge on any atom is -0.459 e.